The molecule has 1 aliphatic heterocycles. The minimum absolute atomic E-state index is 0.0487. The second-order valence-corrected chi connectivity index (χ2v) is 8.27. The zero-order chi connectivity index (χ0) is 24.4. The summed E-state index contributed by atoms with van der Waals surface area (Å²) in [6, 6.07) is 12.1. The van der Waals surface area contributed by atoms with E-state index in [1.165, 1.54) is 18.3 Å². The molecule has 4 aromatic rings. The SMILES string of the molecule is O=C(c1cnc2c(cnn2-c2ccccc2)n1)N1CCCC(COc2cccnc2C(F)(F)F)C1. The maximum absolute atomic E-state index is 13.2. The summed E-state index contributed by atoms with van der Waals surface area (Å²) in [6.45, 7) is 0.926. The van der Waals surface area contributed by atoms with Gasteiger partial charge >= 0.3 is 6.18 Å². The minimum atomic E-state index is -4.60. The summed E-state index contributed by atoms with van der Waals surface area (Å²) in [5.74, 6) is -0.712. The first kappa shape index (κ1) is 22.8. The van der Waals surface area contributed by atoms with Gasteiger partial charge in [0.05, 0.1) is 24.7 Å². The molecule has 3 aromatic heterocycles. The summed E-state index contributed by atoms with van der Waals surface area (Å²) >= 11 is 0. The Morgan fingerprint density at radius 2 is 1.91 bits per heavy atom. The van der Waals surface area contributed by atoms with Crippen LogP contribution in [0.2, 0.25) is 0 Å². The van der Waals surface area contributed by atoms with Gasteiger partial charge in [-0.25, -0.2) is 19.6 Å². The van der Waals surface area contributed by atoms with Crippen LogP contribution in [0.25, 0.3) is 16.9 Å². The molecule has 0 aliphatic carbocycles. The van der Waals surface area contributed by atoms with E-state index in [-0.39, 0.29) is 29.9 Å². The number of carbonyl (C=O) groups is 1. The number of alkyl halides is 3. The van der Waals surface area contributed by atoms with Crippen molar-refractivity contribution in [3.63, 3.8) is 0 Å². The summed E-state index contributed by atoms with van der Waals surface area (Å²) in [5.41, 5.74) is 1.00. The van der Waals surface area contributed by atoms with Crippen LogP contribution in [0.3, 0.4) is 0 Å². The van der Waals surface area contributed by atoms with Crippen LogP contribution in [0, 0.1) is 5.92 Å². The Hall–Kier alpha value is -4.02. The van der Waals surface area contributed by atoms with Crippen LogP contribution < -0.4 is 4.74 Å². The van der Waals surface area contributed by atoms with Crippen LogP contribution in [0.5, 0.6) is 5.75 Å². The molecule has 1 aliphatic rings. The number of nitrogens with zero attached hydrogens (tertiary/aromatic N) is 6. The monoisotopic (exact) mass is 482 g/mol. The first-order valence-corrected chi connectivity index (χ1v) is 11.1. The van der Waals surface area contributed by atoms with Crippen LogP contribution in [0.15, 0.2) is 61.1 Å². The van der Waals surface area contributed by atoms with Crippen LogP contribution >= 0.6 is 0 Å². The predicted molar refractivity (Wildman–Crippen MR) is 120 cm³/mol. The molecule has 1 atom stereocenters. The van der Waals surface area contributed by atoms with Gasteiger partial charge in [0.2, 0.25) is 0 Å². The molecule has 1 saturated heterocycles. The lowest BCUT2D eigenvalue weighted by Crippen LogP contribution is -2.42. The number of pyridine rings is 1. The molecule has 8 nitrogen and oxygen atoms in total. The van der Waals surface area contributed by atoms with Gasteiger partial charge in [-0.05, 0) is 37.1 Å². The Morgan fingerprint density at radius 1 is 1.09 bits per heavy atom. The Labute approximate surface area is 198 Å². The summed E-state index contributed by atoms with van der Waals surface area (Å²) in [7, 11) is 0. The van der Waals surface area contributed by atoms with Gasteiger partial charge < -0.3 is 9.64 Å². The molecule has 0 bridgehead atoms. The van der Waals surface area contributed by atoms with Gasteiger partial charge in [0, 0.05) is 25.2 Å². The molecule has 0 saturated carbocycles. The molecule has 0 N–H and O–H groups in total. The largest absolute Gasteiger partial charge is 0.491 e. The van der Waals surface area contributed by atoms with E-state index in [0.29, 0.717) is 30.7 Å². The topological polar surface area (TPSA) is 86.0 Å². The Balaban J connectivity index is 1.27. The molecule has 0 radical (unpaired) electrons. The van der Waals surface area contributed by atoms with E-state index < -0.39 is 11.9 Å². The number of ether oxygens (including phenoxy) is 1. The number of piperidine rings is 1. The number of hydrogen-bond donors (Lipinski definition) is 0. The number of rotatable bonds is 5. The number of aromatic nitrogens is 5. The van der Waals surface area contributed by atoms with Crippen LogP contribution in [0.1, 0.15) is 29.0 Å². The third-order valence-corrected chi connectivity index (χ3v) is 5.82. The second-order valence-electron chi connectivity index (χ2n) is 8.27. The molecule has 1 unspecified atom stereocenters. The van der Waals surface area contributed by atoms with E-state index in [1.807, 2.05) is 30.3 Å². The van der Waals surface area contributed by atoms with E-state index in [1.54, 1.807) is 15.8 Å². The number of hydrogen-bond acceptors (Lipinski definition) is 6. The van der Waals surface area contributed by atoms with Crippen molar-refractivity contribution in [2.75, 3.05) is 19.7 Å². The van der Waals surface area contributed by atoms with E-state index in [2.05, 4.69) is 20.1 Å². The van der Waals surface area contributed by atoms with Crippen LogP contribution in [0.4, 0.5) is 13.2 Å². The Kier molecular flexibility index (Phi) is 6.06. The van der Waals surface area contributed by atoms with Crippen molar-refractivity contribution in [1.29, 1.82) is 0 Å². The fourth-order valence-corrected chi connectivity index (χ4v) is 4.15. The standard InChI is InChI=1S/C24H21F3N6O2/c25-24(26,27)21-20(9-4-10-28-21)35-15-16-6-5-11-32(14-16)23(34)19-12-29-22-18(31-19)13-30-33(22)17-7-2-1-3-8-17/h1-4,7-10,12-13,16H,5-6,11,14-15H2. The molecule has 35 heavy (non-hydrogen) atoms. The molecule has 0 spiro atoms. The lowest BCUT2D eigenvalue weighted by atomic mass is 9.98. The third kappa shape index (κ3) is 4.79. The molecule has 11 heteroatoms. The summed E-state index contributed by atoms with van der Waals surface area (Å²) < 4.78 is 46.6. The van der Waals surface area contributed by atoms with Crippen molar-refractivity contribution in [2.24, 2.45) is 5.92 Å². The van der Waals surface area contributed by atoms with Crippen molar-refractivity contribution < 1.29 is 22.7 Å². The van der Waals surface area contributed by atoms with Gasteiger partial charge in [0.25, 0.3) is 5.91 Å². The van der Waals surface area contributed by atoms with Crippen molar-refractivity contribution in [2.45, 2.75) is 19.0 Å². The first-order valence-electron chi connectivity index (χ1n) is 11.1. The van der Waals surface area contributed by atoms with Crippen molar-refractivity contribution >= 4 is 17.1 Å². The van der Waals surface area contributed by atoms with Crippen molar-refractivity contribution in [3.05, 3.63) is 72.4 Å². The van der Waals surface area contributed by atoms with Gasteiger partial charge in [-0.2, -0.15) is 18.3 Å². The second kappa shape index (κ2) is 9.32. The highest BCUT2D eigenvalue weighted by Crippen LogP contribution is 2.34. The summed E-state index contributed by atoms with van der Waals surface area (Å²) in [4.78, 5) is 27.0. The number of carbonyl (C=O) groups excluding carboxylic acids is 1. The third-order valence-electron chi connectivity index (χ3n) is 5.82. The summed E-state index contributed by atoms with van der Waals surface area (Å²) in [6.07, 6.45) is 0.914. The van der Waals surface area contributed by atoms with Crippen molar-refractivity contribution in [3.8, 4) is 11.4 Å². The Morgan fingerprint density at radius 3 is 2.71 bits per heavy atom. The number of amides is 1. The zero-order valence-electron chi connectivity index (χ0n) is 18.5. The molecular weight excluding hydrogens is 461 g/mol. The van der Waals surface area contributed by atoms with Crippen LogP contribution in [-0.4, -0.2) is 55.2 Å². The van der Waals surface area contributed by atoms with Crippen LogP contribution in [-0.2, 0) is 6.18 Å². The zero-order valence-corrected chi connectivity index (χ0v) is 18.5. The van der Waals surface area contributed by atoms with Gasteiger partial charge in [-0.3, -0.25) is 4.79 Å². The number of para-hydroxylation sites is 1. The number of halogens is 3. The number of benzene rings is 1. The van der Waals surface area contributed by atoms with Gasteiger partial charge in [-0.15, -0.1) is 0 Å². The smallest absolute Gasteiger partial charge is 0.437 e. The average Bonchev–Trinajstić information content (AvgIpc) is 3.31. The molecule has 5 rings (SSSR count). The molecule has 1 amide bonds. The first-order chi connectivity index (χ1) is 16.9. The average molecular weight is 482 g/mol. The molecule has 4 heterocycles. The fourth-order valence-electron chi connectivity index (χ4n) is 4.15. The highest BCUT2D eigenvalue weighted by Gasteiger charge is 2.36. The lowest BCUT2D eigenvalue weighted by molar-refractivity contribution is -0.142. The molecular formula is C24H21F3N6O2. The molecule has 1 aromatic carbocycles. The highest BCUT2D eigenvalue weighted by molar-refractivity contribution is 5.93. The van der Waals surface area contributed by atoms with Gasteiger partial charge in [-0.1, -0.05) is 18.2 Å². The van der Waals surface area contributed by atoms with Gasteiger partial charge in [0.1, 0.15) is 17.0 Å². The minimum Gasteiger partial charge on any atom is -0.491 e. The lowest BCUT2D eigenvalue weighted by Gasteiger charge is -2.32. The molecule has 180 valence electrons. The van der Waals surface area contributed by atoms with Crippen molar-refractivity contribution in [1.82, 2.24) is 29.6 Å². The Bertz CT molecular complexity index is 1340. The normalized spacial score (nSPS) is 16.4. The summed E-state index contributed by atoms with van der Waals surface area (Å²) in [5, 5.41) is 4.33. The van der Waals surface area contributed by atoms with E-state index in [0.717, 1.165) is 18.3 Å². The highest BCUT2D eigenvalue weighted by atomic mass is 19.4. The quantitative estimate of drug-likeness (QED) is 0.425. The predicted octanol–water partition coefficient (Wildman–Crippen LogP) is 4.16. The fraction of sp³-hybridized carbons (Fsp3) is 0.292. The number of fused-ring (bicyclic) bond motifs is 1. The maximum atomic E-state index is 13.2. The number of likely N-dealkylation sites (tertiary alicyclic amines) is 1. The van der Waals surface area contributed by atoms with E-state index in [4.69, 9.17) is 4.74 Å². The maximum Gasteiger partial charge on any atom is 0.437 e. The molecule has 1 fully saturated rings. The van der Waals surface area contributed by atoms with E-state index in [9.17, 15) is 18.0 Å². The van der Waals surface area contributed by atoms with Gasteiger partial charge in [0.15, 0.2) is 11.3 Å². The van der Waals surface area contributed by atoms with E-state index >= 15 is 0 Å².